The Hall–Kier alpha value is -2.66. The number of pyridine rings is 1. The molecule has 0 saturated heterocycles. The Kier molecular flexibility index (Phi) is 5.88. The number of para-hydroxylation sites is 1. The molecule has 0 saturated carbocycles. The van der Waals surface area contributed by atoms with Crippen molar-refractivity contribution in [2.75, 3.05) is 5.32 Å². The summed E-state index contributed by atoms with van der Waals surface area (Å²) in [6.07, 6.45) is 4.80. The van der Waals surface area contributed by atoms with Gasteiger partial charge in [0.05, 0.1) is 0 Å². The van der Waals surface area contributed by atoms with Crippen molar-refractivity contribution >= 4 is 17.7 Å². The molecule has 3 N–H and O–H groups in total. The smallest absolute Gasteiger partial charge is 0.267 e. The number of anilines is 1. The van der Waals surface area contributed by atoms with E-state index in [1.165, 1.54) is 6.08 Å². The van der Waals surface area contributed by atoms with Crippen LogP contribution in [0.3, 0.4) is 0 Å². The van der Waals surface area contributed by atoms with E-state index in [0.29, 0.717) is 12.5 Å². The van der Waals surface area contributed by atoms with Crippen molar-refractivity contribution in [2.45, 2.75) is 26.3 Å². The number of carbonyl (C=O) groups is 1. The van der Waals surface area contributed by atoms with E-state index < -0.39 is 5.91 Å². The quantitative estimate of drug-likeness (QED) is 0.434. The lowest BCUT2D eigenvalue weighted by atomic mass is 10.1. The molecule has 1 aromatic heterocycles. The second-order valence-corrected chi connectivity index (χ2v) is 5.50. The standard InChI is InChI=1S/C18H21N3O2/c1-13(2)16-9-7-14(11-19-16)12-20-17-6-4-3-5-15(17)8-10-18(22)21-23/h3-11,13,20,23H,12H2,1-2H3,(H,21,22). The number of rotatable bonds is 6. The number of carbonyl (C=O) groups excluding carboxylic acids is 1. The van der Waals surface area contributed by atoms with Crippen LogP contribution in [0.1, 0.15) is 36.6 Å². The molecule has 0 radical (unpaired) electrons. The van der Waals surface area contributed by atoms with Crippen molar-refractivity contribution < 1.29 is 10.0 Å². The van der Waals surface area contributed by atoms with Crippen molar-refractivity contribution in [3.05, 3.63) is 65.5 Å². The van der Waals surface area contributed by atoms with Crippen molar-refractivity contribution in [3.8, 4) is 0 Å². The Morgan fingerprint density at radius 3 is 2.70 bits per heavy atom. The molecule has 0 bridgehead atoms. The number of nitrogens with one attached hydrogen (secondary N) is 2. The van der Waals surface area contributed by atoms with E-state index >= 15 is 0 Å². The predicted molar refractivity (Wildman–Crippen MR) is 91.1 cm³/mol. The molecule has 5 nitrogen and oxygen atoms in total. The summed E-state index contributed by atoms with van der Waals surface area (Å²) in [5.41, 5.74) is 5.50. The molecule has 1 amide bonds. The zero-order valence-electron chi connectivity index (χ0n) is 13.3. The molecule has 0 spiro atoms. The maximum atomic E-state index is 11.1. The average molecular weight is 311 g/mol. The largest absolute Gasteiger partial charge is 0.380 e. The number of hydrogen-bond acceptors (Lipinski definition) is 4. The summed E-state index contributed by atoms with van der Waals surface area (Å²) in [6.45, 7) is 4.87. The first-order valence-electron chi connectivity index (χ1n) is 7.50. The summed E-state index contributed by atoms with van der Waals surface area (Å²) < 4.78 is 0. The van der Waals surface area contributed by atoms with E-state index in [9.17, 15) is 4.79 Å². The molecule has 0 unspecified atom stereocenters. The Bertz CT molecular complexity index is 679. The van der Waals surface area contributed by atoms with Gasteiger partial charge in [-0.2, -0.15) is 0 Å². The van der Waals surface area contributed by atoms with Gasteiger partial charge >= 0.3 is 0 Å². The van der Waals surface area contributed by atoms with Gasteiger partial charge in [0.15, 0.2) is 0 Å². The van der Waals surface area contributed by atoms with E-state index in [0.717, 1.165) is 22.5 Å². The molecular formula is C18H21N3O2. The van der Waals surface area contributed by atoms with Crippen LogP contribution in [0, 0.1) is 0 Å². The van der Waals surface area contributed by atoms with Crippen LogP contribution in [0.5, 0.6) is 0 Å². The number of hydrogen-bond donors (Lipinski definition) is 3. The predicted octanol–water partition coefficient (Wildman–Crippen LogP) is 3.34. The number of benzene rings is 1. The Morgan fingerprint density at radius 1 is 1.26 bits per heavy atom. The topological polar surface area (TPSA) is 74.2 Å². The number of amides is 1. The van der Waals surface area contributed by atoms with Crippen LogP contribution in [0.15, 0.2) is 48.7 Å². The van der Waals surface area contributed by atoms with Crippen molar-refractivity contribution in [1.82, 2.24) is 10.5 Å². The van der Waals surface area contributed by atoms with Gasteiger partial charge < -0.3 is 5.32 Å². The second kappa shape index (κ2) is 8.10. The van der Waals surface area contributed by atoms with Crippen LogP contribution >= 0.6 is 0 Å². The van der Waals surface area contributed by atoms with Gasteiger partial charge in [-0.05, 0) is 35.3 Å². The lowest BCUT2D eigenvalue weighted by Crippen LogP contribution is -2.14. The highest BCUT2D eigenvalue weighted by Gasteiger charge is 2.02. The van der Waals surface area contributed by atoms with Gasteiger partial charge in [0, 0.05) is 30.2 Å². The van der Waals surface area contributed by atoms with E-state index in [1.807, 2.05) is 36.5 Å². The molecule has 0 fully saturated rings. The van der Waals surface area contributed by atoms with Gasteiger partial charge in [0.2, 0.25) is 0 Å². The third kappa shape index (κ3) is 4.93. The number of nitrogens with zero attached hydrogens (tertiary/aromatic N) is 1. The molecule has 2 aromatic rings. The van der Waals surface area contributed by atoms with Crippen molar-refractivity contribution in [3.63, 3.8) is 0 Å². The number of aromatic nitrogens is 1. The van der Waals surface area contributed by atoms with E-state index in [4.69, 9.17) is 5.21 Å². The fourth-order valence-corrected chi connectivity index (χ4v) is 2.09. The lowest BCUT2D eigenvalue weighted by Gasteiger charge is -2.10. The highest BCUT2D eigenvalue weighted by atomic mass is 16.5. The molecule has 0 aliphatic carbocycles. The third-order valence-electron chi connectivity index (χ3n) is 3.41. The lowest BCUT2D eigenvalue weighted by molar-refractivity contribution is -0.124. The monoisotopic (exact) mass is 311 g/mol. The van der Waals surface area contributed by atoms with Crippen LogP contribution in [0.25, 0.3) is 6.08 Å². The van der Waals surface area contributed by atoms with Crippen LogP contribution in [0.4, 0.5) is 5.69 Å². The maximum absolute atomic E-state index is 11.1. The van der Waals surface area contributed by atoms with E-state index in [2.05, 4.69) is 30.2 Å². The minimum Gasteiger partial charge on any atom is -0.380 e. The Morgan fingerprint density at radius 2 is 2.04 bits per heavy atom. The van der Waals surface area contributed by atoms with Gasteiger partial charge in [-0.3, -0.25) is 15.0 Å². The SMILES string of the molecule is CC(C)c1ccc(CNc2ccccc2C=CC(=O)NO)cn1. The first-order chi connectivity index (χ1) is 11.1. The van der Waals surface area contributed by atoms with Crippen LogP contribution in [-0.4, -0.2) is 16.1 Å². The van der Waals surface area contributed by atoms with Crippen molar-refractivity contribution in [2.24, 2.45) is 0 Å². The molecule has 5 heteroatoms. The molecule has 1 aromatic carbocycles. The van der Waals surface area contributed by atoms with Crippen molar-refractivity contribution in [1.29, 1.82) is 0 Å². The average Bonchev–Trinajstić information content (AvgIpc) is 2.58. The van der Waals surface area contributed by atoms with E-state index in [-0.39, 0.29) is 0 Å². The molecular weight excluding hydrogens is 290 g/mol. The molecule has 0 aliphatic rings. The number of hydroxylamine groups is 1. The minimum atomic E-state index is -0.562. The van der Waals surface area contributed by atoms with Gasteiger partial charge in [-0.15, -0.1) is 0 Å². The summed E-state index contributed by atoms with van der Waals surface area (Å²) in [4.78, 5) is 15.5. The maximum Gasteiger partial charge on any atom is 0.267 e. The fourth-order valence-electron chi connectivity index (χ4n) is 2.09. The minimum absolute atomic E-state index is 0.417. The van der Waals surface area contributed by atoms with E-state index in [1.54, 1.807) is 11.6 Å². The molecule has 23 heavy (non-hydrogen) atoms. The molecule has 0 aliphatic heterocycles. The van der Waals surface area contributed by atoms with Crippen LogP contribution < -0.4 is 10.8 Å². The highest BCUT2D eigenvalue weighted by molar-refractivity contribution is 5.91. The first-order valence-corrected chi connectivity index (χ1v) is 7.50. The normalized spacial score (nSPS) is 11.0. The zero-order chi connectivity index (χ0) is 16.7. The Labute approximate surface area is 136 Å². The summed E-state index contributed by atoms with van der Waals surface area (Å²) in [5, 5.41) is 11.9. The second-order valence-electron chi connectivity index (χ2n) is 5.50. The summed E-state index contributed by atoms with van der Waals surface area (Å²) in [6, 6.07) is 11.7. The van der Waals surface area contributed by atoms with Gasteiger partial charge in [0.1, 0.15) is 0 Å². The Balaban J connectivity index is 2.05. The zero-order valence-corrected chi connectivity index (χ0v) is 13.3. The molecule has 2 rings (SSSR count). The molecule has 1 heterocycles. The van der Waals surface area contributed by atoms with Crippen LogP contribution in [0.2, 0.25) is 0 Å². The van der Waals surface area contributed by atoms with Crippen LogP contribution in [-0.2, 0) is 11.3 Å². The molecule has 120 valence electrons. The summed E-state index contributed by atoms with van der Waals surface area (Å²) >= 11 is 0. The van der Waals surface area contributed by atoms with Gasteiger partial charge in [0.25, 0.3) is 5.91 Å². The molecule has 0 atom stereocenters. The highest BCUT2D eigenvalue weighted by Crippen LogP contribution is 2.18. The summed E-state index contributed by atoms with van der Waals surface area (Å²) in [7, 11) is 0. The fraction of sp³-hybridized carbons (Fsp3) is 0.222. The first kappa shape index (κ1) is 16.7. The van der Waals surface area contributed by atoms with Gasteiger partial charge in [-0.1, -0.05) is 38.1 Å². The van der Waals surface area contributed by atoms with Gasteiger partial charge in [-0.25, -0.2) is 5.48 Å². The summed E-state index contributed by atoms with van der Waals surface area (Å²) in [5.74, 6) is -0.145. The third-order valence-corrected chi connectivity index (χ3v) is 3.41.